The number of nitrogens with two attached hydrogens (primary N) is 1. The number of nitrogens with one attached hydrogen (secondary N) is 1. The second-order valence-corrected chi connectivity index (χ2v) is 5.03. The average molecular weight is 243 g/mol. The Labute approximate surface area is 93.9 Å². The molecule has 0 aliphatic heterocycles. The molecule has 16 heavy (non-hydrogen) atoms. The molecule has 3 N–H and O–H groups in total. The summed E-state index contributed by atoms with van der Waals surface area (Å²) >= 11 is 0. The Morgan fingerprint density at radius 1 is 1.56 bits per heavy atom. The molecule has 0 aliphatic rings. The van der Waals surface area contributed by atoms with Crippen molar-refractivity contribution >= 4 is 21.6 Å². The minimum atomic E-state index is -3.59. The first-order valence-corrected chi connectivity index (χ1v) is 6.37. The normalized spacial score (nSPS) is 11.1. The molecule has 1 aromatic rings. The van der Waals surface area contributed by atoms with Crippen LogP contribution in [-0.2, 0) is 10.0 Å². The monoisotopic (exact) mass is 243 g/mol. The van der Waals surface area contributed by atoms with Crippen LogP contribution in [-0.4, -0.2) is 25.1 Å². The molecule has 1 rings (SSSR count). The van der Waals surface area contributed by atoms with Gasteiger partial charge in [0.1, 0.15) is 0 Å². The van der Waals surface area contributed by atoms with Gasteiger partial charge >= 0.3 is 0 Å². The van der Waals surface area contributed by atoms with Gasteiger partial charge in [0.2, 0.25) is 10.0 Å². The van der Waals surface area contributed by atoms with E-state index in [-0.39, 0.29) is 17.1 Å². The fraction of sp³-hybridized carbons (Fsp3) is 0.333. The smallest absolute Gasteiger partial charge is 0.285 e. The van der Waals surface area contributed by atoms with Crippen LogP contribution in [0.2, 0.25) is 0 Å². The number of hydrogen-bond donors (Lipinski definition) is 2. The molecule has 7 heteroatoms. The predicted octanol–water partition coefficient (Wildman–Crippen LogP) is 0.133. The molecule has 88 valence electrons. The number of amides is 1. The first kappa shape index (κ1) is 12.4. The van der Waals surface area contributed by atoms with Gasteiger partial charge in [-0.2, -0.15) is 0 Å². The third-order valence-corrected chi connectivity index (χ3v) is 3.22. The maximum absolute atomic E-state index is 11.5. The summed E-state index contributed by atoms with van der Waals surface area (Å²) in [4.78, 5) is 15.2. The van der Waals surface area contributed by atoms with Crippen LogP contribution in [0.1, 0.15) is 23.8 Å². The van der Waals surface area contributed by atoms with E-state index in [1.165, 1.54) is 12.3 Å². The fourth-order valence-electron chi connectivity index (χ4n) is 1.12. The van der Waals surface area contributed by atoms with Crippen molar-refractivity contribution in [2.75, 3.05) is 11.5 Å². The van der Waals surface area contributed by atoms with E-state index in [0.29, 0.717) is 6.42 Å². The van der Waals surface area contributed by atoms with Gasteiger partial charge in [0.05, 0.1) is 11.4 Å². The van der Waals surface area contributed by atoms with Crippen LogP contribution in [0.25, 0.3) is 0 Å². The molecule has 0 aliphatic carbocycles. The summed E-state index contributed by atoms with van der Waals surface area (Å²) in [5.74, 6) is -0.905. The van der Waals surface area contributed by atoms with Crippen LogP contribution in [0, 0.1) is 0 Å². The van der Waals surface area contributed by atoms with E-state index in [0.717, 1.165) is 0 Å². The van der Waals surface area contributed by atoms with Crippen molar-refractivity contribution in [2.24, 2.45) is 0 Å². The zero-order valence-corrected chi connectivity index (χ0v) is 9.62. The van der Waals surface area contributed by atoms with Gasteiger partial charge in [0.25, 0.3) is 5.91 Å². The first-order chi connectivity index (χ1) is 7.46. The van der Waals surface area contributed by atoms with Crippen LogP contribution < -0.4 is 10.5 Å². The summed E-state index contributed by atoms with van der Waals surface area (Å²) in [6, 6.07) is 3.04. The summed E-state index contributed by atoms with van der Waals surface area (Å²) in [6.07, 6.45) is 1.80. The van der Waals surface area contributed by atoms with Crippen molar-refractivity contribution in [1.82, 2.24) is 9.71 Å². The highest BCUT2D eigenvalue weighted by Gasteiger charge is 2.17. The van der Waals surface area contributed by atoms with Crippen LogP contribution >= 0.6 is 0 Å². The molecule has 1 aromatic heterocycles. The predicted molar refractivity (Wildman–Crippen MR) is 60.2 cm³/mol. The first-order valence-electron chi connectivity index (χ1n) is 4.71. The number of carbonyl (C=O) groups is 1. The van der Waals surface area contributed by atoms with E-state index in [2.05, 4.69) is 4.98 Å². The number of hydrogen-bond acceptors (Lipinski definition) is 5. The minimum Gasteiger partial charge on any atom is -0.397 e. The second-order valence-electron chi connectivity index (χ2n) is 3.19. The number of nitrogen functional groups attached to an aromatic ring is 1. The Balaban J connectivity index is 2.85. The van der Waals surface area contributed by atoms with E-state index >= 15 is 0 Å². The lowest BCUT2D eigenvalue weighted by atomic mass is 10.3. The zero-order valence-electron chi connectivity index (χ0n) is 8.80. The lowest BCUT2D eigenvalue weighted by molar-refractivity contribution is 0.0977. The van der Waals surface area contributed by atoms with Crippen LogP contribution in [0.3, 0.4) is 0 Å². The third-order valence-electron chi connectivity index (χ3n) is 1.78. The molecule has 0 bridgehead atoms. The quantitative estimate of drug-likeness (QED) is 0.782. The fourth-order valence-corrected chi connectivity index (χ4v) is 2.14. The number of sulfonamides is 1. The molecule has 0 radical (unpaired) electrons. The van der Waals surface area contributed by atoms with Crippen LogP contribution in [0.5, 0.6) is 0 Å². The molecule has 0 saturated carbocycles. The molecule has 0 unspecified atom stereocenters. The molecule has 1 heterocycles. The SMILES string of the molecule is CCCS(=O)(=O)NC(=O)c1ncccc1N. The minimum absolute atomic E-state index is 0.0813. The van der Waals surface area contributed by atoms with Crippen molar-refractivity contribution in [1.29, 1.82) is 0 Å². The molecule has 0 aromatic carbocycles. The van der Waals surface area contributed by atoms with Gasteiger partial charge in [-0.1, -0.05) is 6.92 Å². The van der Waals surface area contributed by atoms with E-state index < -0.39 is 15.9 Å². The Hall–Kier alpha value is -1.63. The maximum atomic E-state index is 11.5. The molecular weight excluding hydrogens is 230 g/mol. The van der Waals surface area contributed by atoms with Gasteiger partial charge in [-0.25, -0.2) is 18.1 Å². The van der Waals surface area contributed by atoms with Crippen LogP contribution in [0.4, 0.5) is 5.69 Å². The van der Waals surface area contributed by atoms with Crippen LogP contribution in [0.15, 0.2) is 18.3 Å². The van der Waals surface area contributed by atoms with Crippen molar-refractivity contribution < 1.29 is 13.2 Å². The van der Waals surface area contributed by atoms with Crippen molar-refractivity contribution in [3.63, 3.8) is 0 Å². The zero-order chi connectivity index (χ0) is 12.2. The maximum Gasteiger partial charge on any atom is 0.285 e. The average Bonchev–Trinajstić information content (AvgIpc) is 2.17. The summed E-state index contributed by atoms with van der Waals surface area (Å²) in [6.45, 7) is 1.71. The number of aromatic nitrogens is 1. The van der Waals surface area contributed by atoms with Crippen molar-refractivity contribution in [3.05, 3.63) is 24.0 Å². The van der Waals surface area contributed by atoms with E-state index in [4.69, 9.17) is 5.73 Å². The van der Waals surface area contributed by atoms with Gasteiger partial charge in [-0.15, -0.1) is 0 Å². The number of carbonyl (C=O) groups excluding carboxylic acids is 1. The number of pyridine rings is 1. The summed E-state index contributed by atoms with van der Waals surface area (Å²) in [5, 5.41) is 0. The van der Waals surface area contributed by atoms with Gasteiger partial charge in [-0.3, -0.25) is 4.79 Å². The third kappa shape index (κ3) is 3.20. The Morgan fingerprint density at radius 3 is 2.81 bits per heavy atom. The molecule has 0 atom stereocenters. The second kappa shape index (κ2) is 4.93. The summed E-state index contributed by atoms with van der Waals surface area (Å²) in [7, 11) is -3.59. The topological polar surface area (TPSA) is 102 Å². The van der Waals surface area contributed by atoms with E-state index in [9.17, 15) is 13.2 Å². The highest BCUT2D eigenvalue weighted by Crippen LogP contribution is 2.06. The number of anilines is 1. The van der Waals surface area contributed by atoms with Crippen molar-refractivity contribution in [3.8, 4) is 0 Å². The Kier molecular flexibility index (Phi) is 3.83. The van der Waals surface area contributed by atoms with Gasteiger partial charge in [0, 0.05) is 6.20 Å². The molecule has 1 amide bonds. The molecule has 0 spiro atoms. The highest BCUT2D eigenvalue weighted by molar-refractivity contribution is 7.90. The molecular formula is C9H13N3O3S. The van der Waals surface area contributed by atoms with Crippen molar-refractivity contribution in [2.45, 2.75) is 13.3 Å². The standard InChI is InChI=1S/C9H13N3O3S/c1-2-6-16(14,15)12-9(13)8-7(10)4-3-5-11-8/h3-5H,2,6,10H2,1H3,(H,12,13). The van der Waals surface area contributed by atoms with Gasteiger partial charge in [0.15, 0.2) is 5.69 Å². The van der Waals surface area contributed by atoms with E-state index in [1.807, 2.05) is 4.72 Å². The lowest BCUT2D eigenvalue weighted by Crippen LogP contribution is -2.33. The molecule has 0 fully saturated rings. The summed E-state index contributed by atoms with van der Waals surface area (Å²) in [5.41, 5.74) is 5.56. The number of nitrogens with zero attached hydrogens (tertiary/aromatic N) is 1. The number of rotatable bonds is 4. The molecule has 0 saturated heterocycles. The Morgan fingerprint density at radius 2 is 2.25 bits per heavy atom. The molecule has 6 nitrogen and oxygen atoms in total. The van der Waals surface area contributed by atoms with Gasteiger partial charge < -0.3 is 5.73 Å². The largest absolute Gasteiger partial charge is 0.397 e. The highest BCUT2D eigenvalue weighted by atomic mass is 32.2. The van der Waals surface area contributed by atoms with Gasteiger partial charge in [-0.05, 0) is 18.6 Å². The Bertz CT molecular complexity index is 485. The summed E-state index contributed by atoms with van der Waals surface area (Å²) < 4.78 is 24.6. The lowest BCUT2D eigenvalue weighted by Gasteiger charge is -2.06. The van der Waals surface area contributed by atoms with E-state index in [1.54, 1.807) is 13.0 Å².